The first-order chi connectivity index (χ1) is 10.8. The molecule has 0 bridgehead atoms. The summed E-state index contributed by atoms with van der Waals surface area (Å²) in [6, 6.07) is 15.1. The Balaban J connectivity index is 2.15. The molecular formula is C18H12N2O2. The summed E-state index contributed by atoms with van der Waals surface area (Å²) in [6.07, 6.45) is 3.70. The van der Waals surface area contributed by atoms with Crippen molar-refractivity contribution in [3.8, 4) is 11.3 Å². The van der Waals surface area contributed by atoms with Gasteiger partial charge in [-0.3, -0.25) is 0 Å². The number of pyridine rings is 1. The van der Waals surface area contributed by atoms with Gasteiger partial charge in [-0.2, -0.15) is 0 Å². The van der Waals surface area contributed by atoms with Crippen molar-refractivity contribution < 1.29 is 9.90 Å². The second kappa shape index (κ2) is 4.70. The number of carboxylic acids is 1. The van der Waals surface area contributed by atoms with Crippen molar-refractivity contribution >= 4 is 27.6 Å². The second-order valence-corrected chi connectivity index (χ2v) is 5.12. The van der Waals surface area contributed by atoms with Crippen LogP contribution in [0.5, 0.6) is 0 Å². The summed E-state index contributed by atoms with van der Waals surface area (Å²) < 4.78 is 0. The zero-order chi connectivity index (χ0) is 15.1. The van der Waals surface area contributed by atoms with E-state index in [-0.39, 0.29) is 5.56 Å². The largest absolute Gasteiger partial charge is 0.478 e. The number of hydrogen-bond acceptors (Lipinski definition) is 2. The average Bonchev–Trinajstić information content (AvgIpc) is 2.96. The molecule has 0 aliphatic heterocycles. The fourth-order valence-corrected chi connectivity index (χ4v) is 2.83. The van der Waals surface area contributed by atoms with Crippen LogP contribution in [0.3, 0.4) is 0 Å². The van der Waals surface area contributed by atoms with Crippen LogP contribution in [0.15, 0.2) is 60.9 Å². The summed E-state index contributed by atoms with van der Waals surface area (Å²) in [5.41, 5.74) is 2.31. The third kappa shape index (κ3) is 1.78. The highest BCUT2D eigenvalue weighted by Crippen LogP contribution is 2.34. The third-order valence-corrected chi connectivity index (χ3v) is 3.83. The summed E-state index contributed by atoms with van der Waals surface area (Å²) in [5.74, 6) is -0.955. The van der Waals surface area contributed by atoms with Crippen molar-refractivity contribution in [3.63, 3.8) is 0 Å². The van der Waals surface area contributed by atoms with Gasteiger partial charge in [0.2, 0.25) is 0 Å². The van der Waals surface area contributed by atoms with Gasteiger partial charge in [-0.05, 0) is 11.5 Å². The highest BCUT2D eigenvalue weighted by atomic mass is 16.4. The zero-order valence-corrected chi connectivity index (χ0v) is 11.6. The van der Waals surface area contributed by atoms with Gasteiger partial charge < -0.3 is 10.1 Å². The molecule has 2 aromatic carbocycles. The molecule has 0 atom stereocenters. The molecule has 2 aromatic heterocycles. The molecule has 0 unspecified atom stereocenters. The average molecular weight is 288 g/mol. The van der Waals surface area contributed by atoms with Gasteiger partial charge in [0, 0.05) is 28.7 Å². The Morgan fingerprint density at radius 3 is 2.59 bits per heavy atom. The number of carbonyl (C=O) groups is 1. The summed E-state index contributed by atoms with van der Waals surface area (Å²) in [5, 5.41) is 12.3. The minimum atomic E-state index is -0.955. The van der Waals surface area contributed by atoms with Crippen LogP contribution in [0.2, 0.25) is 0 Å². The second-order valence-electron chi connectivity index (χ2n) is 5.12. The van der Waals surface area contributed by atoms with E-state index in [1.165, 1.54) is 0 Å². The van der Waals surface area contributed by atoms with E-state index in [1.54, 1.807) is 0 Å². The molecule has 0 amide bonds. The lowest BCUT2D eigenvalue weighted by Gasteiger charge is -1.99. The van der Waals surface area contributed by atoms with Crippen molar-refractivity contribution in [3.05, 3.63) is 66.5 Å². The topological polar surface area (TPSA) is 66.0 Å². The van der Waals surface area contributed by atoms with Gasteiger partial charge in [-0.1, -0.05) is 42.5 Å². The Bertz CT molecular complexity index is 1000. The first-order valence-corrected chi connectivity index (χ1v) is 6.93. The number of aromatic nitrogens is 2. The van der Waals surface area contributed by atoms with E-state index in [1.807, 2.05) is 60.9 Å². The quantitative estimate of drug-likeness (QED) is 0.584. The molecule has 2 N–H and O–H groups in total. The molecule has 0 saturated carbocycles. The van der Waals surface area contributed by atoms with Crippen molar-refractivity contribution in [2.24, 2.45) is 0 Å². The van der Waals surface area contributed by atoms with E-state index in [9.17, 15) is 9.90 Å². The van der Waals surface area contributed by atoms with Gasteiger partial charge in [0.25, 0.3) is 0 Å². The molecule has 4 nitrogen and oxygen atoms in total. The number of benzene rings is 2. The van der Waals surface area contributed by atoms with E-state index < -0.39 is 5.97 Å². The Hall–Kier alpha value is -3.14. The lowest BCUT2D eigenvalue weighted by atomic mass is 10.0. The van der Waals surface area contributed by atoms with E-state index >= 15 is 0 Å². The number of nitrogens with one attached hydrogen (secondary N) is 1. The van der Waals surface area contributed by atoms with Crippen LogP contribution in [0.4, 0.5) is 0 Å². The summed E-state index contributed by atoms with van der Waals surface area (Å²) >= 11 is 0. The van der Waals surface area contributed by atoms with E-state index in [4.69, 9.17) is 0 Å². The zero-order valence-electron chi connectivity index (χ0n) is 11.6. The smallest absolute Gasteiger partial charge is 0.338 e. The number of H-pyrrole nitrogens is 1. The van der Waals surface area contributed by atoms with Gasteiger partial charge in [-0.25, -0.2) is 9.78 Å². The number of aromatic carboxylic acids is 1. The van der Waals surface area contributed by atoms with Crippen LogP contribution in [-0.4, -0.2) is 21.0 Å². The highest BCUT2D eigenvalue weighted by molar-refractivity contribution is 6.16. The van der Waals surface area contributed by atoms with Crippen molar-refractivity contribution in [2.75, 3.05) is 0 Å². The van der Waals surface area contributed by atoms with Gasteiger partial charge in [0.05, 0.1) is 16.8 Å². The molecule has 4 aromatic rings. The summed E-state index contributed by atoms with van der Waals surface area (Å²) in [4.78, 5) is 19.4. The maximum Gasteiger partial charge on any atom is 0.338 e. The highest BCUT2D eigenvalue weighted by Gasteiger charge is 2.21. The molecule has 2 heterocycles. The maximum atomic E-state index is 11.8. The van der Waals surface area contributed by atoms with Gasteiger partial charge >= 0.3 is 5.97 Å². The monoisotopic (exact) mass is 288 g/mol. The van der Waals surface area contributed by atoms with E-state index in [0.717, 1.165) is 21.9 Å². The van der Waals surface area contributed by atoms with Crippen LogP contribution in [0.25, 0.3) is 32.9 Å². The summed E-state index contributed by atoms with van der Waals surface area (Å²) in [6.45, 7) is 0. The van der Waals surface area contributed by atoms with Crippen LogP contribution in [0.1, 0.15) is 10.4 Å². The molecule has 0 spiro atoms. The molecule has 0 saturated heterocycles. The fourth-order valence-electron chi connectivity index (χ4n) is 2.83. The molecule has 106 valence electrons. The molecule has 0 aliphatic rings. The number of fused-ring (bicyclic) bond motifs is 3. The van der Waals surface area contributed by atoms with E-state index in [2.05, 4.69) is 9.97 Å². The number of nitrogens with zero attached hydrogens (tertiary/aromatic N) is 1. The number of carboxylic acid groups (broad SMARTS) is 1. The maximum absolute atomic E-state index is 11.8. The summed E-state index contributed by atoms with van der Waals surface area (Å²) in [7, 11) is 0. The molecule has 0 radical (unpaired) electrons. The standard InChI is InChI=1S/C18H12N2O2/c21-18(22)15-14-7-6-12-10-19-9-8-13(12)17(14)20-16(15)11-4-2-1-3-5-11/h1-10,19H,(H,21,22). The molecular weight excluding hydrogens is 276 g/mol. The SMILES string of the molecule is O=C(O)c1c(-c2ccccc2)nc2c1ccc1c[nH]ccc12. The van der Waals surface area contributed by atoms with E-state index in [0.29, 0.717) is 11.1 Å². The number of rotatable bonds is 2. The normalized spacial score (nSPS) is 11.1. The molecule has 4 heteroatoms. The Morgan fingerprint density at radius 2 is 1.82 bits per heavy atom. The Kier molecular flexibility index (Phi) is 2.69. The fraction of sp³-hybridized carbons (Fsp3) is 0. The van der Waals surface area contributed by atoms with Gasteiger partial charge in [-0.15, -0.1) is 0 Å². The molecule has 22 heavy (non-hydrogen) atoms. The molecule has 0 aliphatic carbocycles. The van der Waals surface area contributed by atoms with Gasteiger partial charge in [0.15, 0.2) is 0 Å². The predicted octanol–water partition coefficient (Wildman–Crippen LogP) is 4.08. The third-order valence-electron chi connectivity index (χ3n) is 3.83. The molecule has 0 fully saturated rings. The number of aromatic amines is 1. The lowest BCUT2D eigenvalue weighted by Crippen LogP contribution is -1.97. The van der Waals surface area contributed by atoms with Gasteiger partial charge in [0.1, 0.15) is 0 Å². The minimum absolute atomic E-state index is 0.260. The first-order valence-electron chi connectivity index (χ1n) is 6.93. The Labute approximate surface area is 126 Å². The van der Waals surface area contributed by atoms with Crippen LogP contribution in [-0.2, 0) is 0 Å². The first kappa shape index (κ1) is 12.6. The minimum Gasteiger partial charge on any atom is -0.478 e. The van der Waals surface area contributed by atoms with Crippen molar-refractivity contribution in [1.29, 1.82) is 0 Å². The van der Waals surface area contributed by atoms with Crippen molar-refractivity contribution in [1.82, 2.24) is 9.97 Å². The van der Waals surface area contributed by atoms with Crippen molar-refractivity contribution in [2.45, 2.75) is 0 Å². The van der Waals surface area contributed by atoms with Crippen LogP contribution in [0, 0.1) is 0 Å². The Morgan fingerprint density at radius 1 is 1.00 bits per heavy atom. The van der Waals surface area contributed by atoms with Crippen LogP contribution < -0.4 is 0 Å². The number of hydrogen-bond donors (Lipinski definition) is 2. The predicted molar refractivity (Wildman–Crippen MR) is 86.0 cm³/mol. The van der Waals surface area contributed by atoms with Crippen LogP contribution >= 0.6 is 0 Å². The lowest BCUT2D eigenvalue weighted by molar-refractivity contribution is 0.0700. The molecule has 4 rings (SSSR count).